The van der Waals surface area contributed by atoms with Gasteiger partial charge in [-0.1, -0.05) is 18.2 Å². The lowest BCUT2D eigenvalue weighted by molar-refractivity contribution is 0.0270. The van der Waals surface area contributed by atoms with E-state index in [4.69, 9.17) is 9.72 Å². The molecule has 0 saturated carbocycles. The second-order valence-electron chi connectivity index (χ2n) is 10.0. The van der Waals surface area contributed by atoms with Crippen LogP contribution in [0.4, 0.5) is 4.79 Å². The van der Waals surface area contributed by atoms with E-state index < -0.39 is 5.60 Å². The van der Waals surface area contributed by atoms with E-state index in [1.165, 1.54) is 22.3 Å². The van der Waals surface area contributed by atoms with Crippen LogP contribution in [0.1, 0.15) is 38.4 Å². The fraction of sp³-hybridized carbons (Fsp3) is 0.321. The van der Waals surface area contributed by atoms with Gasteiger partial charge in [0.05, 0.1) is 16.7 Å². The third kappa shape index (κ3) is 4.40. The van der Waals surface area contributed by atoms with Gasteiger partial charge in [-0.25, -0.2) is 9.78 Å². The molecule has 0 atom stereocenters. The van der Waals surface area contributed by atoms with Gasteiger partial charge in [0.15, 0.2) is 0 Å². The van der Waals surface area contributed by atoms with Gasteiger partial charge in [-0.15, -0.1) is 0 Å². The number of amides is 1. The molecule has 1 amide bonds. The quantitative estimate of drug-likeness (QED) is 0.366. The Kier molecular flexibility index (Phi) is 5.39. The lowest BCUT2D eigenvalue weighted by Crippen LogP contribution is -2.39. The second-order valence-corrected chi connectivity index (χ2v) is 10.0. The molecule has 1 aliphatic heterocycles. The average Bonchev–Trinajstić information content (AvgIpc) is 3.17. The van der Waals surface area contributed by atoms with Crippen molar-refractivity contribution in [2.24, 2.45) is 7.05 Å². The molecule has 5 rings (SSSR count). The van der Waals surface area contributed by atoms with Crippen molar-refractivity contribution in [1.82, 2.24) is 19.7 Å². The third-order valence-electron chi connectivity index (χ3n) is 6.16. The molecule has 0 radical (unpaired) electrons. The number of aromatic nitrogens is 3. The molecule has 3 heterocycles. The van der Waals surface area contributed by atoms with Crippen molar-refractivity contribution in [2.75, 3.05) is 13.1 Å². The first-order valence-corrected chi connectivity index (χ1v) is 11.7. The monoisotopic (exact) mass is 454 g/mol. The summed E-state index contributed by atoms with van der Waals surface area (Å²) in [5.74, 6) is 0. The Morgan fingerprint density at radius 1 is 1.03 bits per heavy atom. The van der Waals surface area contributed by atoms with Gasteiger partial charge >= 0.3 is 6.09 Å². The summed E-state index contributed by atoms with van der Waals surface area (Å²) >= 11 is 0. The van der Waals surface area contributed by atoms with Gasteiger partial charge in [0.2, 0.25) is 0 Å². The maximum atomic E-state index is 12.4. The number of hydrogen-bond donors (Lipinski definition) is 0. The highest BCUT2D eigenvalue weighted by Crippen LogP contribution is 2.30. The van der Waals surface area contributed by atoms with Crippen LogP contribution in [0.25, 0.3) is 38.5 Å². The summed E-state index contributed by atoms with van der Waals surface area (Å²) in [6, 6.07) is 15.0. The van der Waals surface area contributed by atoms with Gasteiger partial charge < -0.3 is 9.64 Å². The molecule has 0 spiro atoms. The summed E-state index contributed by atoms with van der Waals surface area (Å²) < 4.78 is 7.35. The molecule has 6 nitrogen and oxygen atoms in total. The Hall–Kier alpha value is -3.67. The zero-order valence-corrected chi connectivity index (χ0v) is 20.4. The molecule has 4 aromatic rings. The van der Waals surface area contributed by atoms with Crippen molar-refractivity contribution in [3.63, 3.8) is 0 Å². The van der Waals surface area contributed by atoms with Gasteiger partial charge in [0.1, 0.15) is 5.60 Å². The zero-order valence-electron chi connectivity index (χ0n) is 20.4. The Bertz CT molecular complexity index is 1440. The van der Waals surface area contributed by atoms with Gasteiger partial charge in [-0.2, -0.15) is 5.10 Å². The lowest BCUT2D eigenvalue weighted by atomic mass is 9.98. The Morgan fingerprint density at radius 3 is 2.47 bits per heavy atom. The predicted octanol–water partition coefficient (Wildman–Crippen LogP) is 6.12. The molecule has 0 saturated heterocycles. The number of ether oxygens (including phenoxy) is 1. The molecule has 174 valence electrons. The molecule has 2 aromatic heterocycles. The molecule has 2 aromatic carbocycles. The SMILES string of the molecule is Cc1cc(C2=CCN(C(=O)OC(C)(C)C)CC2)nc2ccc(-c3ccc4nn(C)cc4c3)cc12. The number of pyridine rings is 1. The van der Waals surface area contributed by atoms with Gasteiger partial charge in [-0.05, 0) is 86.7 Å². The standard InChI is InChI=1S/C28H30N4O2/c1-18-14-26(19-10-12-32(13-11-19)27(33)34-28(2,3)4)29-25-9-7-21(16-23(18)25)20-6-8-24-22(15-20)17-31(5)30-24/h6-10,14-17H,11-13H2,1-5H3. The highest BCUT2D eigenvalue weighted by molar-refractivity contribution is 5.91. The summed E-state index contributed by atoms with van der Waals surface area (Å²) in [6.07, 6.45) is 4.64. The van der Waals surface area contributed by atoms with Crippen LogP contribution < -0.4 is 0 Å². The smallest absolute Gasteiger partial charge is 0.410 e. The molecule has 0 bridgehead atoms. The predicted molar refractivity (Wildman–Crippen MR) is 137 cm³/mol. The number of hydrogen-bond acceptors (Lipinski definition) is 4. The molecule has 0 aliphatic carbocycles. The van der Waals surface area contributed by atoms with Crippen LogP contribution in [0.2, 0.25) is 0 Å². The normalized spacial score (nSPS) is 14.5. The highest BCUT2D eigenvalue weighted by Gasteiger charge is 2.24. The number of rotatable bonds is 2. The Morgan fingerprint density at radius 2 is 1.76 bits per heavy atom. The van der Waals surface area contributed by atoms with Crippen LogP contribution in [0.3, 0.4) is 0 Å². The first-order chi connectivity index (χ1) is 16.2. The molecular formula is C28H30N4O2. The minimum atomic E-state index is -0.485. The van der Waals surface area contributed by atoms with E-state index in [0.717, 1.165) is 33.9 Å². The van der Waals surface area contributed by atoms with Crippen molar-refractivity contribution in [1.29, 1.82) is 0 Å². The second kappa shape index (κ2) is 8.28. The van der Waals surface area contributed by atoms with Crippen molar-refractivity contribution in [2.45, 2.75) is 39.7 Å². The summed E-state index contributed by atoms with van der Waals surface area (Å²) in [6.45, 7) is 8.98. The number of carbonyl (C=O) groups is 1. The fourth-order valence-electron chi connectivity index (χ4n) is 4.46. The highest BCUT2D eigenvalue weighted by atomic mass is 16.6. The van der Waals surface area contributed by atoms with E-state index in [-0.39, 0.29) is 6.09 Å². The summed E-state index contributed by atoms with van der Waals surface area (Å²) in [5.41, 5.74) is 7.19. The van der Waals surface area contributed by atoms with Crippen LogP contribution in [-0.2, 0) is 11.8 Å². The minimum absolute atomic E-state index is 0.262. The van der Waals surface area contributed by atoms with E-state index in [1.54, 1.807) is 4.90 Å². The molecule has 6 heteroatoms. The minimum Gasteiger partial charge on any atom is -0.444 e. The first-order valence-electron chi connectivity index (χ1n) is 11.7. The summed E-state index contributed by atoms with van der Waals surface area (Å²) in [5, 5.41) is 6.75. The number of benzene rings is 2. The molecule has 34 heavy (non-hydrogen) atoms. The van der Waals surface area contributed by atoms with Crippen molar-refractivity contribution in [3.8, 4) is 11.1 Å². The first kappa shape index (κ1) is 22.1. The maximum Gasteiger partial charge on any atom is 0.410 e. The lowest BCUT2D eigenvalue weighted by Gasteiger charge is -2.29. The fourth-order valence-corrected chi connectivity index (χ4v) is 4.46. The molecular weight excluding hydrogens is 424 g/mol. The van der Waals surface area contributed by atoms with E-state index in [2.05, 4.69) is 60.6 Å². The van der Waals surface area contributed by atoms with Crippen molar-refractivity contribution < 1.29 is 9.53 Å². The van der Waals surface area contributed by atoms with Gasteiger partial charge in [0, 0.05) is 37.1 Å². The average molecular weight is 455 g/mol. The number of aryl methyl sites for hydroxylation is 2. The van der Waals surface area contributed by atoms with E-state index in [9.17, 15) is 4.79 Å². The van der Waals surface area contributed by atoms with E-state index in [0.29, 0.717) is 13.1 Å². The van der Waals surface area contributed by atoms with Crippen molar-refractivity contribution >= 4 is 33.5 Å². The number of fused-ring (bicyclic) bond motifs is 2. The van der Waals surface area contributed by atoms with Crippen molar-refractivity contribution in [3.05, 3.63) is 66.0 Å². The van der Waals surface area contributed by atoms with Crippen LogP contribution >= 0.6 is 0 Å². The van der Waals surface area contributed by atoms with E-state index >= 15 is 0 Å². The molecule has 0 unspecified atom stereocenters. The zero-order chi connectivity index (χ0) is 24.0. The summed E-state index contributed by atoms with van der Waals surface area (Å²) in [4.78, 5) is 19.1. The topological polar surface area (TPSA) is 60.3 Å². The Balaban J connectivity index is 1.41. The molecule has 1 aliphatic rings. The van der Waals surface area contributed by atoms with E-state index in [1.807, 2.05) is 38.7 Å². The Labute approximate surface area is 199 Å². The number of nitrogens with zero attached hydrogens (tertiary/aromatic N) is 4. The third-order valence-corrected chi connectivity index (χ3v) is 6.16. The van der Waals surface area contributed by atoms with Crippen LogP contribution in [0.5, 0.6) is 0 Å². The van der Waals surface area contributed by atoms with Crippen LogP contribution in [0, 0.1) is 6.92 Å². The largest absolute Gasteiger partial charge is 0.444 e. The summed E-state index contributed by atoms with van der Waals surface area (Å²) in [7, 11) is 1.94. The molecule has 0 N–H and O–H groups in total. The molecule has 0 fully saturated rings. The van der Waals surface area contributed by atoms with Crippen LogP contribution in [0.15, 0.2) is 54.7 Å². The van der Waals surface area contributed by atoms with Crippen LogP contribution in [-0.4, -0.2) is 44.4 Å². The van der Waals surface area contributed by atoms with Gasteiger partial charge in [0.25, 0.3) is 0 Å². The number of carbonyl (C=O) groups excluding carboxylic acids is 1. The maximum absolute atomic E-state index is 12.4. The van der Waals surface area contributed by atoms with Gasteiger partial charge in [-0.3, -0.25) is 4.68 Å².